The van der Waals surface area contributed by atoms with E-state index in [2.05, 4.69) is 43.0 Å². The van der Waals surface area contributed by atoms with E-state index in [4.69, 9.17) is 0 Å². The number of fused-ring (bicyclic) bond motifs is 1. The summed E-state index contributed by atoms with van der Waals surface area (Å²) in [5.41, 5.74) is 2.93. The number of hydrogen-bond donors (Lipinski definition) is 0. The maximum Gasteiger partial charge on any atom is -0.147 e. The molecule has 0 radical (unpaired) electrons. The molecule has 2 rings (SSSR count). The third kappa shape index (κ3) is 3.81. The topological polar surface area (TPSA) is 0 Å². The van der Waals surface area contributed by atoms with E-state index in [0.29, 0.717) is 3.12 Å². The molecule has 3 heteroatoms. The van der Waals surface area contributed by atoms with Crippen molar-refractivity contribution in [1.82, 2.24) is 0 Å². The van der Waals surface area contributed by atoms with E-state index in [9.17, 15) is 0 Å². The predicted octanol–water partition coefficient (Wildman–Crippen LogP) is 4.66. The summed E-state index contributed by atoms with van der Waals surface area (Å²) in [6.07, 6.45) is 10.3. The zero-order valence-electron chi connectivity index (χ0n) is 9.69. The number of allylic oxidation sites excluding steroid dienone is 2. The van der Waals surface area contributed by atoms with Gasteiger partial charge in [0.25, 0.3) is 0 Å². The predicted molar refractivity (Wildman–Crippen MR) is 75.7 cm³/mol. The van der Waals surface area contributed by atoms with Crippen LogP contribution < -0.4 is 0 Å². The van der Waals surface area contributed by atoms with Crippen molar-refractivity contribution in [3.8, 4) is 0 Å². The van der Waals surface area contributed by atoms with E-state index >= 15 is 0 Å². The Hall–Kier alpha value is 0.163. The Morgan fingerprint density at radius 2 is 1.94 bits per heavy atom. The number of unbranched alkanes of at least 4 members (excludes halogenated alkanes) is 1. The molecule has 0 aliphatic heterocycles. The third-order valence-electron chi connectivity index (χ3n) is 2.97. The molecule has 0 bridgehead atoms. The summed E-state index contributed by atoms with van der Waals surface area (Å²) in [7, 11) is 0. The van der Waals surface area contributed by atoms with Gasteiger partial charge in [-0.15, -0.1) is 24.8 Å². The minimum Gasteiger partial charge on any atom is -0.147 e. The molecule has 1 unspecified atom stereocenters. The molecule has 1 aliphatic rings. The second-order valence-electron chi connectivity index (χ2n) is 4.07. The SMILES string of the molecule is C=CCCC[C]1([Zr])C=Cc2ccccc21.Cl.Cl. The second kappa shape index (κ2) is 7.57. The Morgan fingerprint density at radius 3 is 2.65 bits per heavy atom. The molecule has 0 N–H and O–H groups in total. The van der Waals surface area contributed by atoms with Gasteiger partial charge in [-0.05, 0) is 0 Å². The van der Waals surface area contributed by atoms with E-state index in [1.165, 1.54) is 24.0 Å². The van der Waals surface area contributed by atoms with Gasteiger partial charge in [-0.25, -0.2) is 0 Å². The van der Waals surface area contributed by atoms with Crippen molar-refractivity contribution in [2.45, 2.75) is 22.4 Å². The molecule has 17 heavy (non-hydrogen) atoms. The van der Waals surface area contributed by atoms with Gasteiger partial charge in [-0.1, -0.05) is 0 Å². The molecule has 0 saturated carbocycles. The van der Waals surface area contributed by atoms with Crippen molar-refractivity contribution in [1.29, 1.82) is 0 Å². The molecule has 0 amide bonds. The minimum atomic E-state index is 0. The molecule has 0 aromatic heterocycles. The smallest absolute Gasteiger partial charge is 0.147 e. The molecule has 0 nitrogen and oxygen atoms in total. The van der Waals surface area contributed by atoms with Gasteiger partial charge >= 0.3 is 107 Å². The number of halogens is 2. The van der Waals surface area contributed by atoms with Gasteiger partial charge in [0, 0.05) is 0 Å². The van der Waals surface area contributed by atoms with Crippen molar-refractivity contribution in [3.63, 3.8) is 0 Å². The molecule has 91 valence electrons. The van der Waals surface area contributed by atoms with Crippen LogP contribution in [-0.4, -0.2) is 0 Å². The van der Waals surface area contributed by atoms with Crippen LogP contribution in [-0.2, 0) is 27.8 Å². The van der Waals surface area contributed by atoms with Gasteiger partial charge in [0.2, 0.25) is 0 Å². The van der Waals surface area contributed by atoms with Crippen LogP contribution in [0.1, 0.15) is 30.4 Å². The zero-order valence-corrected chi connectivity index (χ0v) is 13.8. The molecule has 0 spiro atoms. The fourth-order valence-corrected chi connectivity index (χ4v) is 3.31. The molecule has 0 heterocycles. The first-order valence-corrected chi connectivity index (χ1v) is 6.64. The molecule has 0 fully saturated rings. The van der Waals surface area contributed by atoms with Gasteiger partial charge in [0.15, 0.2) is 0 Å². The van der Waals surface area contributed by atoms with Crippen LogP contribution in [0.2, 0.25) is 0 Å². The summed E-state index contributed by atoms with van der Waals surface area (Å²) < 4.78 is 0.340. The maximum atomic E-state index is 3.78. The van der Waals surface area contributed by atoms with Crippen LogP contribution in [0.5, 0.6) is 0 Å². The van der Waals surface area contributed by atoms with E-state index < -0.39 is 0 Å². The quantitative estimate of drug-likeness (QED) is 0.549. The number of benzene rings is 1. The summed E-state index contributed by atoms with van der Waals surface area (Å²) >= 11 is 1.60. The second-order valence-corrected chi connectivity index (χ2v) is 6.27. The van der Waals surface area contributed by atoms with Crippen molar-refractivity contribution in [2.24, 2.45) is 0 Å². The van der Waals surface area contributed by atoms with Crippen LogP contribution in [0.25, 0.3) is 6.08 Å². The van der Waals surface area contributed by atoms with Crippen LogP contribution >= 0.6 is 24.8 Å². The monoisotopic (exact) mass is 345 g/mol. The first-order chi connectivity index (χ1) is 7.26. The average Bonchev–Trinajstić information content (AvgIpc) is 2.59. The van der Waals surface area contributed by atoms with Crippen LogP contribution in [0.4, 0.5) is 0 Å². The summed E-state index contributed by atoms with van der Waals surface area (Å²) in [5, 5.41) is 0. The summed E-state index contributed by atoms with van der Waals surface area (Å²) in [6, 6.07) is 8.76. The number of rotatable bonds is 4. The Labute approximate surface area is 131 Å². The van der Waals surface area contributed by atoms with Gasteiger partial charge in [0.1, 0.15) is 0 Å². The fraction of sp³-hybridized carbons (Fsp3) is 0.286. The van der Waals surface area contributed by atoms with Gasteiger partial charge in [0.05, 0.1) is 0 Å². The Morgan fingerprint density at radius 1 is 1.24 bits per heavy atom. The van der Waals surface area contributed by atoms with Gasteiger partial charge in [-0.2, -0.15) is 0 Å². The van der Waals surface area contributed by atoms with Crippen LogP contribution in [0.3, 0.4) is 0 Å². The Balaban J connectivity index is 0.00000128. The molecule has 1 aromatic carbocycles. The average molecular weight is 347 g/mol. The standard InChI is InChI=1S/C14H15.2ClH.Zr/c1-2-3-4-7-12-10-11-13-8-5-6-9-14(12)13;;;/h2,5-6,8-11H,1,3-4,7H2;2*1H;. The molecule has 0 saturated heterocycles. The first-order valence-electron chi connectivity index (χ1n) is 5.41. The largest absolute Gasteiger partial charge is 0.147 e. The van der Waals surface area contributed by atoms with Crippen LogP contribution in [0.15, 0.2) is 43.0 Å². The van der Waals surface area contributed by atoms with Crippen molar-refractivity contribution >= 4 is 30.9 Å². The van der Waals surface area contributed by atoms with E-state index in [1.807, 2.05) is 6.08 Å². The van der Waals surface area contributed by atoms with E-state index in [-0.39, 0.29) is 24.8 Å². The molecular weight excluding hydrogens is 330 g/mol. The Bertz CT molecular complexity index is 401. The third-order valence-corrected chi connectivity index (χ3v) is 4.65. The summed E-state index contributed by atoms with van der Waals surface area (Å²) in [4.78, 5) is 0. The van der Waals surface area contributed by atoms with Gasteiger partial charge in [-0.3, -0.25) is 0 Å². The summed E-state index contributed by atoms with van der Waals surface area (Å²) in [5.74, 6) is 0. The fourth-order valence-electron chi connectivity index (χ4n) is 2.11. The molecular formula is C14H17Cl2Zr. The van der Waals surface area contributed by atoms with Gasteiger partial charge < -0.3 is 0 Å². The number of hydrogen-bond acceptors (Lipinski definition) is 0. The van der Waals surface area contributed by atoms with E-state index in [1.54, 1.807) is 24.7 Å². The maximum absolute atomic E-state index is 3.78. The molecule has 1 aromatic rings. The van der Waals surface area contributed by atoms with E-state index in [0.717, 1.165) is 6.42 Å². The Kier molecular flexibility index (Phi) is 7.64. The molecule has 1 aliphatic carbocycles. The zero-order chi connectivity index (χ0) is 10.7. The summed E-state index contributed by atoms with van der Waals surface area (Å²) in [6.45, 7) is 3.78. The minimum absolute atomic E-state index is 0. The van der Waals surface area contributed by atoms with Crippen molar-refractivity contribution < 1.29 is 24.7 Å². The van der Waals surface area contributed by atoms with Crippen molar-refractivity contribution in [3.05, 3.63) is 54.1 Å². The van der Waals surface area contributed by atoms with Crippen LogP contribution in [0, 0.1) is 0 Å². The first kappa shape index (κ1) is 17.2. The van der Waals surface area contributed by atoms with Crippen molar-refractivity contribution in [2.75, 3.05) is 0 Å². The normalized spacial score (nSPS) is 19.9. The molecule has 1 atom stereocenters.